The van der Waals surface area contributed by atoms with E-state index in [0.717, 1.165) is 17.6 Å². The maximum atomic E-state index is 12.0. The quantitative estimate of drug-likeness (QED) is 0.489. The van der Waals surface area contributed by atoms with Crippen molar-refractivity contribution >= 4 is 11.9 Å². The first-order valence-electron chi connectivity index (χ1n) is 8.05. The van der Waals surface area contributed by atoms with Gasteiger partial charge in [0, 0.05) is 17.6 Å². The average molecular weight is 332 g/mol. The third kappa shape index (κ3) is 4.03. The summed E-state index contributed by atoms with van der Waals surface area (Å²) in [7, 11) is 0. The fraction of sp³-hybridized carbons (Fsp3) is 0.474. The summed E-state index contributed by atoms with van der Waals surface area (Å²) in [5.41, 5.74) is 2.44. The number of carbonyl (C=O) groups excluding carboxylic acids is 2. The molecule has 5 heteroatoms. The minimum absolute atomic E-state index is 0.101. The molecule has 0 aromatic rings. The van der Waals surface area contributed by atoms with Crippen LogP contribution in [0.4, 0.5) is 0 Å². The van der Waals surface area contributed by atoms with Crippen molar-refractivity contribution in [1.29, 1.82) is 0 Å². The van der Waals surface area contributed by atoms with Gasteiger partial charge in [0.1, 0.15) is 12.2 Å². The van der Waals surface area contributed by atoms with E-state index < -0.39 is 30.1 Å². The van der Waals surface area contributed by atoms with E-state index in [1.54, 1.807) is 13.0 Å². The second kappa shape index (κ2) is 7.62. The Balaban J connectivity index is 2.41. The second-order valence-corrected chi connectivity index (χ2v) is 6.42. The van der Waals surface area contributed by atoms with Crippen molar-refractivity contribution in [2.24, 2.45) is 5.92 Å². The summed E-state index contributed by atoms with van der Waals surface area (Å²) in [6.07, 6.45) is 4.63. The number of ether oxygens (including phenoxy) is 2. The first-order valence-corrected chi connectivity index (χ1v) is 8.05. The van der Waals surface area contributed by atoms with E-state index in [1.807, 2.05) is 6.92 Å². The number of allylic oxidation sites excluding steroid dienone is 1. The number of fused-ring (bicyclic) bond motifs is 1. The van der Waals surface area contributed by atoms with Crippen LogP contribution in [0.15, 0.2) is 47.6 Å². The Morgan fingerprint density at radius 2 is 2.21 bits per heavy atom. The van der Waals surface area contributed by atoms with Gasteiger partial charge in [-0.1, -0.05) is 24.8 Å². The van der Waals surface area contributed by atoms with Crippen LogP contribution in [0.2, 0.25) is 0 Å². The van der Waals surface area contributed by atoms with Gasteiger partial charge in [-0.05, 0) is 38.3 Å². The van der Waals surface area contributed by atoms with E-state index in [2.05, 4.69) is 19.2 Å². The highest BCUT2D eigenvalue weighted by atomic mass is 16.6. The summed E-state index contributed by atoms with van der Waals surface area (Å²) >= 11 is 0. The summed E-state index contributed by atoms with van der Waals surface area (Å²) in [6, 6.07) is 0. The number of aliphatic hydroxyl groups is 1. The molecule has 0 saturated carbocycles. The Labute approximate surface area is 142 Å². The molecule has 1 N–H and O–H groups in total. The van der Waals surface area contributed by atoms with E-state index in [9.17, 15) is 14.7 Å². The lowest BCUT2D eigenvalue weighted by Crippen LogP contribution is -2.33. The monoisotopic (exact) mass is 332 g/mol. The van der Waals surface area contributed by atoms with Crippen molar-refractivity contribution in [1.82, 2.24) is 0 Å². The number of carbonyl (C=O) groups is 2. The normalized spacial score (nSPS) is 31.9. The molecule has 1 aliphatic heterocycles. The van der Waals surface area contributed by atoms with Gasteiger partial charge in [-0.15, -0.1) is 0 Å². The standard InChI is InChI=1S/C19H24O5/c1-11(2)18(21)23-15-8-12(3)6-5-7-14(10-20)9-16-17(15)13(4)19(22)24-16/h6,9,15-17,20H,1,4-5,7-8,10H2,2-3H3/b12-6+,14-9-/t15-,16+,17+/m0/s1. The van der Waals surface area contributed by atoms with E-state index in [-0.39, 0.29) is 6.61 Å². The molecule has 0 unspecified atom stereocenters. The van der Waals surface area contributed by atoms with Crippen molar-refractivity contribution in [2.45, 2.75) is 45.3 Å². The number of hydrogen-bond donors (Lipinski definition) is 1. The Kier molecular flexibility index (Phi) is 5.78. The predicted molar refractivity (Wildman–Crippen MR) is 90.0 cm³/mol. The van der Waals surface area contributed by atoms with Crippen LogP contribution in [0.25, 0.3) is 0 Å². The molecule has 0 aromatic heterocycles. The predicted octanol–water partition coefficient (Wildman–Crippen LogP) is 2.62. The summed E-state index contributed by atoms with van der Waals surface area (Å²) < 4.78 is 11.0. The third-order valence-electron chi connectivity index (χ3n) is 4.35. The van der Waals surface area contributed by atoms with Crippen LogP contribution in [0, 0.1) is 5.92 Å². The fourth-order valence-electron chi connectivity index (χ4n) is 3.01. The van der Waals surface area contributed by atoms with Gasteiger partial charge in [0.05, 0.1) is 12.5 Å². The zero-order valence-corrected chi connectivity index (χ0v) is 14.2. The molecule has 1 aliphatic carbocycles. The van der Waals surface area contributed by atoms with E-state index in [1.165, 1.54) is 0 Å². The Hall–Kier alpha value is -2.14. The molecule has 1 fully saturated rings. The summed E-state index contributed by atoms with van der Waals surface area (Å²) in [6.45, 7) is 10.9. The van der Waals surface area contributed by atoms with Crippen LogP contribution in [0.3, 0.4) is 0 Å². The van der Waals surface area contributed by atoms with E-state index in [4.69, 9.17) is 9.47 Å². The molecule has 1 heterocycles. The number of aliphatic hydroxyl groups excluding tert-OH is 1. The molecular formula is C19H24O5. The third-order valence-corrected chi connectivity index (χ3v) is 4.35. The van der Waals surface area contributed by atoms with Crippen molar-refractivity contribution in [3.8, 4) is 0 Å². The highest BCUT2D eigenvalue weighted by Gasteiger charge is 2.44. The lowest BCUT2D eigenvalue weighted by Gasteiger charge is -2.27. The first-order chi connectivity index (χ1) is 11.3. The molecule has 5 nitrogen and oxygen atoms in total. The van der Waals surface area contributed by atoms with E-state index in [0.29, 0.717) is 24.0 Å². The zero-order valence-electron chi connectivity index (χ0n) is 14.2. The molecule has 24 heavy (non-hydrogen) atoms. The van der Waals surface area contributed by atoms with Gasteiger partial charge >= 0.3 is 11.9 Å². The van der Waals surface area contributed by atoms with Crippen LogP contribution >= 0.6 is 0 Å². The van der Waals surface area contributed by atoms with Crippen LogP contribution in [-0.4, -0.2) is 35.9 Å². The van der Waals surface area contributed by atoms with Crippen molar-refractivity contribution in [3.63, 3.8) is 0 Å². The Morgan fingerprint density at radius 3 is 2.83 bits per heavy atom. The maximum absolute atomic E-state index is 12.0. The molecule has 130 valence electrons. The second-order valence-electron chi connectivity index (χ2n) is 6.42. The minimum Gasteiger partial charge on any atom is -0.458 e. The summed E-state index contributed by atoms with van der Waals surface area (Å²) in [4.78, 5) is 24.0. The zero-order chi connectivity index (χ0) is 17.9. The lowest BCUT2D eigenvalue weighted by molar-refractivity contribution is -0.147. The van der Waals surface area contributed by atoms with Crippen LogP contribution in [0.5, 0.6) is 0 Å². The smallest absolute Gasteiger partial charge is 0.334 e. The van der Waals surface area contributed by atoms with Crippen LogP contribution in [-0.2, 0) is 19.1 Å². The molecule has 0 spiro atoms. The van der Waals surface area contributed by atoms with Gasteiger partial charge in [-0.2, -0.15) is 0 Å². The first kappa shape index (κ1) is 18.2. The maximum Gasteiger partial charge on any atom is 0.334 e. The molecular weight excluding hydrogens is 308 g/mol. The Bertz CT molecular complexity index is 626. The number of esters is 2. The Morgan fingerprint density at radius 1 is 1.50 bits per heavy atom. The minimum atomic E-state index is -0.582. The molecule has 2 rings (SSSR count). The van der Waals surface area contributed by atoms with Crippen molar-refractivity contribution in [2.75, 3.05) is 6.61 Å². The van der Waals surface area contributed by atoms with Gasteiger partial charge in [-0.3, -0.25) is 0 Å². The molecule has 0 aromatic carbocycles. The highest BCUT2D eigenvalue weighted by molar-refractivity contribution is 5.91. The molecule has 0 bridgehead atoms. The number of rotatable bonds is 3. The van der Waals surface area contributed by atoms with Crippen molar-refractivity contribution in [3.05, 3.63) is 47.6 Å². The van der Waals surface area contributed by atoms with Gasteiger partial charge in [0.15, 0.2) is 0 Å². The molecule has 3 atom stereocenters. The topological polar surface area (TPSA) is 72.8 Å². The largest absolute Gasteiger partial charge is 0.458 e. The summed E-state index contributed by atoms with van der Waals surface area (Å²) in [5.74, 6) is -1.46. The molecule has 0 amide bonds. The van der Waals surface area contributed by atoms with Gasteiger partial charge in [0.2, 0.25) is 0 Å². The van der Waals surface area contributed by atoms with Gasteiger partial charge in [0.25, 0.3) is 0 Å². The van der Waals surface area contributed by atoms with Crippen LogP contribution in [0.1, 0.15) is 33.1 Å². The van der Waals surface area contributed by atoms with Gasteiger partial charge in [-0.25, -0.2) is 9.59 Å². The van der Waals surface area contributed by atoms with Gasteiger partial charge < -0.3 is 14.6 Å². The molecule has 1 saturated heterocycles. The number of hydrogen-bond acceptors (Lipinski definition) is 5. The van der Waals surface area contributed by atoms with Crippen molar-refractivity contribution < 1.29 is 24.2 Å². The highest BCUT2D eigenvalue weighted by Crippen LogP contribution is 2.36. The van der Waals surface area contributed by atoms with Crippen LogP contribution < -0.4 is 0 Å². The SMILES string of the molecule is C=C(C)C(=O)O[C@H]1C/C(C)=C/CC/C(CO)=C/[C@H]2OC(=O)C(=C)[C@H]12. The summed E-state index contributed by atoms with van der Waals surface area (Å²) in [5, 5.41) is 9.52. The fourth-order valence-corrected chi connectivity index (χ4v) is 3.01. The average Bonchev–Trinajstić information content (AvgIpc) is 2.79. The molecule has 0 radical (unpaired) electrons. The lowest BCUT2D eigenvalue weighted by atomic mass is 9.85. The van der Waals surface area contributed by atoms with E-state index >= 15 is 0 Å². The molecule has 2 aliphatic rings.